The SMILES string of the molecule is CC(C)[C@H](O)c1ccc(C(C)(C)C)cc1. The molecule has 0 heterocycles. The topological polar surface area (TPSA) is 20.2 Å². The van der Waals surface area contributed by atoms with Crippen molar-refractivity contribution in [3.05, 3.63) is 35.4 Å². The molecule has 1 atom stereocenters. The Kier molecular flexibility index (Phi) is 3.56. The molecule has 1 heteroatoms. The minimum absolute atomic E-state index is 0.182. The summed E-state index contributed by atoms with van der Waals surface area (Å²) in [4.78, 5) is 0. The van der Waals surface area contributed by atoms with Crippen molar-refractivity contribution in [2.24, 2.45) is 5.92 Å². The summed E-state index contributed by atoms with van der Waals surface area (Å²) in [7, 11) is 0. The van der Waals surface area contributed by atoms with Crippen LogP contribution in [0.4, 0.5) is 0 Å². The normalized spacial score (nSPS) is 14.3. The minimum Gasteiger partial charge on any atom is -0.388 e. The molecule has 0 bridgehead atoms. The number of benzene rings is 1. The number of aliphatic hydroxyl groups excluding tert-OH is 1. The van der Waals surface area contributed by atoms with E-state index < -0.39 is 0 Å². The van der Waals surface area contributed by atoms with Crippen molar-refractivity contribution >= 4 is 0 Å². The molecule has 0 saturated heterocycles. The van der Waals surface area contributed by atoms with Crippen molar-refractivity contribution in [1.29, 1.82) is 0 Å². The lowest BCUT2D eigenvalue weighted by Gasteiger charge is -2.21. The van der Waals surface area contributed by atoms with E-state index in [9.17, 15) is 5.11 Å². The molecule has 0 aliphatic carbocycles. The first kappa shape index (κ1) is 12.3. The average molecular weight is 206 g/mol. The molecular weight excluding hydrogens is 184 g/mol. The van der Waals surface area contributed by atoms with Crippen LogP contribution in [-0.4, -0.2) is 5.11 Å². The van der Waals surface area contributed by atoms with Crippen LogP contribution in [0.2, 0.25) is 0 Å². The molecule has 1 aromatic rings. The van der Waals surface area contributed by atoms with Gasteiger partial charge in [-0.2, -0.15) is 0 Å². The van der Waals surface area contributed by atoms with Crippen LogP contribution in [0.1, 0.15) is 51.8 Å². The summed E-state index contributed by atoms with van der Waals surface area (Å²) in [6.07, 6.45) is -0.348. The first-order valence-corrected chi connectivity index (χ1v) is 5.61. The van der Waals surface area contributed by atoms with Gasteiger partial charge in [0.25, 0.3) is 0 Å². The van der Waals surface area contributed by atoms with Gasteiger partial charge in [0.1, 0.15) is 0 Å². The lowest BCUT2D eigenvalue weighted by atomic mass is 9.86. The number of hydrogen-bond donors (Lipinski definition) is 1. The van der Waals surface area contributed by atoms with Crippen molar-refractivity contribution in [2.45, 2.75) is 46.1 Å². The fourth-order valence-electron chi connectivity index (χ4n) is 1.57. The first-order valence-electron chi connectivity index (χ1n) is 5.61. The molecule has 0 amide bonds. The molecule has 0 unspecified atom stereocenters. The van der Waals surface area contributed by atoms with Crippen LogP contribution < -0.4 is 0 Å². The molecule has 0 saturated carbocycles. The van der Waals surface area contributed by atoms with Gasteiger partial charge in [-0.3, -0.25) is 0 Å². The minimum atomic E-state index is -0.348. The maximum Gasteiger partial charge on any atom is 0.0812 e. The third-order valence-corrected chi connectivity index (χ3v) is 2.75. The van der Waals surface area contributed by atoms with Gasteiger partial charge in [0.15, 0.2) is 0 Å². The molecule has 0 radical (unpaired) electrons. The molecule has 84 valence electrons. The lowest BCUT2D eigenvalue weighted by Crippen LogP contribution is -2.11. The monoisotopic (exact) mass is 206 g/mol. The third-order valence-electron chi connectivity index (χ3n) is 2.75. The number of rotatable bonds is 2. The predicted octanol–water partition coefficient (Wildman–Crippen LogP) is 3.67. The van der Waals surface area contributed by atoms with Crippen molar-refractivity contribution in [1.82, 2.24) is 0 Å². The van der Waals surface area contributed by atoms with E-state index in [1.807, 2.05) is 26.0 Å². The van der Waals surface area contributed by atoms with Crippen LogP contribution in [0.5, 0.6) is 0 Å². The average Bonchev–Trinajstić information content (AvgIpc) is 2.15. The van der Waals surface area contributed by atoms with E-state index in [1.165, 1.54) is 5.56 Å². The second-order valence-electron chi connectivity index (χ2n) is 5.56. The molecule has 1 nitrogen and oxygen atoms in total. The van der Waals surface area contributed by atoms with Gasteiger partial charge in [0.05, 0.1) is 6.10 Å². The second-order valence-corrected chi connectivity index (χ2v) is 5.56. The van der Waals surface area contributed by atoms with E-state index in [4.69, 9.17) is 0 Å². The fraction of sp³-hybridized carbons (Fsp3) is 0.571. The van der Waals surface area contributed by atoms with Gasteiger partial charge in [-0.25, -0.2) is 0 Å². The van der Waals surface area contributed by atoms with Crippen molar-refractivity contribution < 1.29 is 5.11 Å². The first-order chi connectivity index (χ1) is 6.82. The van der Waals surface area contributed by atoms with Crippen LogP contribution in [0, 0.1) is 5.92 Å². The highest BCUT2D eigenvalue weighted by atomic mass is 16.3. The summed E-state index contributed by atoms with van der Waals surface area (Å²) in [5, 5.41) is 9.89. The Labute approximate surface area is 93.1 Å². The van der Waals surface area contributed by atoms with Crippen LogP contribution in [0.15, 0.2) is 24.3 Å². The molecule has 15 heavy (non-hydrogen) atoms. The summed E-state index contributed by atoms with van der Waals surface area (Å²) < 4.78 is 0. The summed E-state index contributed by atoms with van der Waals surface area (Å²) in [5.41, 5.74) is 2.50. The largest absolute Gasteiger partial charge is 0.388 e. The molecule has 0 aromatic heterocycles. The molecule has 1 aromatic carbocycles. The standard InChI is InChI=1S/C14H22O/c1-10(2)13(15)11-6-8-12(9-7-11)14(3,4)5/h6-10,13,15H,1-5H3/t13-/m0/s1. The van der Waals surface area contributed by atoms with E-state index in [2.05, 4.69) is 32.9 Å². The van der Waals surface area contributed by atoms with Gasteiger partial charge in [0, 0.05) is 0 Å². The highest BCUT2D eigenvalue weighted by molar-refractivity contribution is 5.28. The molecule has 0 spiro atoms. The number of hydrogen-bond acceptors (Lipinski definition) is 1. The van der Waals surface area contributed by atoms with Crippen LogP contribution in [0.25, 0.3) is 0 Å². The highest BCUT2D eigenvalue weighted by Crippen LogP contribution is 2.26. The van der Waals surface area contributed by atoms with Crippen molar-refractivity contribution in [3.63, 3.8) is 0 Å². The quantitative estimate of drug-likeness (QED) is 0.782. The van der Waals surface area contributed by atoms with E-state index in [-0.39, 0.29) is 17.4 Å². The Bertz CT molecular complexity index is 303. The Balaban J connectivity index is 2.91. The van der Waals surface area contributed by atoms with Gasteiger partial charge in [0.2, 0.25) is 0 Å². The van der Waals surface area contributed by atoms with E-state index in [0.29, 0.717) is 0 Å². The summed E-state index contributed by atoms with van der Waals surface area (Å²) >= 11 is 0. The molecule has 0 aliphatic rings. The highest BCUT2D eigenvalue weighted by Gasteiger charge is 2.15. The Hall–Kier alpha value is -0.820. The van der Waals surface area contributed by atoms with Crippen LogP contribution in [0.3, 0.4) is 0 Å². The number of aliphatic hydroxyl groups is 1. The zero-order chi connectivity index (χ0) is 11.6. The van der Waals surface area contributed by atoms with Gasteiger partial charge >= 0.3 is 0 Å². The maximum atomic E-state index is 9.89. The smallest absolute Gasteiger partial charge is 0.0812 e. The third kappa shape index (κ3) is 3.07. The molecular formula is C14H22O. The molecule has 0 fully saturated rings. The second kappa shape index (κ2) is 4.36. The van der Waals surface area contributed by atoms with Crippen molar-refractivity contribution in [2.75, 3.05) is 0 Å². The molecule has 1 rings (SSSR count). The van der Waals surface area contributed by atoms with E-state index in [1.54, 1.807) is 0 Å². The Morgan fingerprint density at radius 2 is 1.47 bits per heavy atom. The van der Waals surface area contributed by atoms with Crippen LogP contribution >= 0.6 is 0 Å². The summed E-state index contributed by atoms with van der Waals surface area (Å²) in [6, 6.07) is 8.29. The van der Waals surface area contributed by atoms with E-state index >= 15 is 0 Å². The fourth-order valence-corrected chi connectivity index (χ4v) is 1.57. The zero-order valence-corrected chi connectivity index (χ0v) is 10.4. The van der Waals surface area contributed by atoms with Gasteiger partial charge < -0.3 is 5.11 Å². The van der Waals surface area contributed by atoms with E-state index in [0.717, 1.165) is 5.56 Å². The van der Waals surface area contributed by atoms with Gasteiger partial charge in [-0.05, 0) is 22.5 Å². The molecule has 0 aliphatic heterocycles. The lowest BCUT2D eigenvalue weighted by molar-refractivity contribution is 0.127. The van der Waals surface area contributed by atoms with Crippen molar-refractivity contribution in [3.8, 4) is 0 Å². The van der Waals surface area contributed by atoms with Crippen LogP contribution in [-0.2, 0) is 5.41 Å². The zero-order valence-electron chi connectivity index (χ0n) is 10.4. The van der Waals surface area contributed by atoms with Gasteiger partial charge in [-0.15, -0.1) is 0 Å². The Morgan fingerprint density at radius 1 is 1.00 bits per heavy atom. The van der Waals surface area contributed by atoms with Gasteiger partial charge in [-0.1, -0.05) is 58.9 Å². The summed E-state index contributed by atoms with van der Waals surface area (Å²) in [5.74, 6) is 0.269. The Morgan fingerprint density at radius 3 is 1.80 bits per heavy atom. The summed E-state index contributed by atoms with van der Waals surface area (Å²) in [6.45, 7) is 10.6. The predicted molar refractivity (Wildman–Crippen MR) is 64.9 cm³/mol. The molecule has 1 N–H and O–H groups in total. The maximum absolute atomic E-state index is 9.89.